The van der Waals surface area contributed by atoms with Crippen LogP contribution < -0.4 is 11.1 Å². The van der Waals surface area contributed by atoms with Crippen molar-refractivity contribution in [2.45, 2.75) is 0 Å². The third kappa shape index (κ3) is 3.02. The van der Waals surface area contributed by atoms with E-state index in [1.54, 1.807) is 0 Å². The quantitative estimate of drug-likeness (QED) is 0.662. The lowest BCUT2D eigenvalue weighted by Gasteiger charge is -2.10. The van der Waals surface area contributed by atoms with Gasteiger partial charge in [0.05, 0.1) is 10.2 Å². The molecule has 2 aromatic rings. The number of halogens is 3. The smallest absolute Gasteiger partial charge is 0.159 e. The fourth-order valence-corrected chi connectivity index (χ4v) is 1.85. The highest BCUT2D eigenvalue weighted by Crippen LogP contribution is 2.26. The van der Waals surface area contributed by atoms with E-state index >= 15 is 0 Å². The van der Waals surface area contributed by atoms with Gasteiger partial charge in [0.1, 0.15) is 22.3 Å². The predicted molar refractivity (Wildman–Crippen MR) is 75.3 cm³/mol. The number of nitrogens with zero attached hydrogens (tertiary/aromatic N) is 2. The lowest BCUT2D eigenvalue weighted by atomic mass is 10.3. The SMILES string of the molecule is NC(=S)c1nccnc1Nc1cc(Br)c(F)cc1F. The Bertz CT molecular complexity index is 651. The van der Waals surface area contributed by atoms with Gasteiger partial charge < -0.3 is 11.1 Å². The first kappa shape index (κ1) is 13.8. The maximum absolute atomic E-state index is 13.6. The molecule has 0 radical (unpaired) electrons. The minimum Gasteiger partial charge on any atom is -0.388 e. The standard InChI is InChI=1S/C11H7BrF2N4S/c12-5-3-8(7(14)4-6(5)13)18-11-9(10(15)19)16-1-2-17-11/h1-4H,(H2,15,19)(H,17,18). The number of anilines is 2. The number of aromatic nitrogens is 2. The maximum Gasteiger partial charge on any atom is 0.159 e. The van der Waals surface area contributed by atoms with Crippen molar-refractivity contribution in [3.63, 3.8) is 0 Å². The van der Waals surface area contributed by atoms with E-state index < -0.39 is 11.6 Å². The zero-order valence-electron chi connectivity index (χ0n) is 9.32. The van der Waals surface area contributed by atoms with Crippen LogP contribution in [-0.2, 0) is 0 Å². The highest BCUT2D eigenvalue weighted by molar-refractivity contribution is 9.10. The van der Waals surface area contributed by atoms with Gasteiger partial charge in [-0.3, -0.25) is 0 Å². The summed E-state index contributed by atoms with van der Waals surface area (Å²) in [7, 11) is 0. The molecule has 19 heavy (non-hydrogen) atoms. The van der Waals surface area contributed by atoms with Crippen molar-refractivity contribution in [3.05, 3.63) is 46.3 Å². The molecule has 8 heteroatoms. The van der Waals surface area contributed by atoms with Gasteiger partial charge in [0.15, 0.2) is 5.82 Å². The van der Waals surface area contributed by atoms with Crippen molar-refractivity contribution in [2.75, 3.05) is 5.32 Å². The van der Waals surface area contributed by atoms with Crippen molar-refractivity contribution in [1.82, 2.24) is 9.97 Å². The molecule has 98 valence electrons. The van der Waals surface area contributed by atoms with Crippen LogP contribution in [0.4, 0.5) is 20.3 Å². The molecule has 0 bridgehead atoms. The minimum absolute atomic E-state index is 0.0252. The number of thiocarbonyl (C=S) groups is 1. The summed E-state index contributed by atoms with van der Waals surface area (Å²) in [5.41, 5.74) is 5.75. The van der Waals surface area contributed by atoms with Gasteiger partial charge in [-0.25, -0.2) is 18.7 Å². The minimum atomic E-state index is -0.764. The third-order valence-electron chi connectivity index (χ3n) is 2.19. The molecule has 1 heterocycles. The van der Waals surface area contributed by atoms with E-state index in [1.807, 2.05) is 0 Å². The molecule has 0 aliphatic heterocycles. The lowest BCUT2D eigenvalue weighted by Crippen LogP contribution is -2.15. The zero-order chi connectivity index (χ0) is 14.0. The molecule has 0 saturated carbocycles. The van der Waals surface area contributed by atoms with Crippen LogP contribution in [0.25, 0.3) is 0 Å². The molecule has 4 nitrogen and oxygen atoms in total. The van der Waals surface area contributed by atoms with Crippen molar-refractivity contribution in [1.29, 1.82) is 0 Å². The molecule has 0 saturated heterocycles. The summed E-state index contributed by atoms with van der Waals surface area (Å²) in [6.07, 6.45) is 2.82. The number of hydrogen-bond donors (Lipinski definition) is 2. The highest BCUT2D eigenvalue weighted by Gasteiger charge is 2.12. The Morgan fingerprint density at radius 1 is 1.21 bits per heavy atom. The molecule has 1 aromatic carbocycles. The van der Waals surface area contributed by atoms with E-state index in [2.05, 4.69) is 31.2 Å². The maximum atomic E-state index is 13.6. The number of hydrogen-bond acceptors (Lipinski definition) is 4. The molecule has 0 unspecified atom stereocenters. The Morgan fingerprint density at radius 2 is 1.89 bits per heavy atom. The van der Waals surface area contributed by atoms with Gasteiger partial charge in [0, 0.05) is 18.5 Å². The van der Waals surface area contributed by atoms with Crippen LogP contribution in [-0.4, -0.2) is 15.0 Å². The first-order chi connectivity index (χ1) is 8.99. The Kier molecular flexibility index (Phi) is 4.01. The Labute approximate surface area is 121 Å². The largest absolute Gasteiger partial charge is 0.388 e. The first-order valence-corrected chi connectivity index (χ1v) is 6.21. The summed E-state index contributed by atoms with van der Waals surface area (Å²) >= 11 is 7.79. The van der Waals surface area contributed by atoms with E-state index in [4.69, 9.17) is 18.0 Å². The first-order valence-electron chi connectivity index (χ1n) is 5.01. The van der Waals surface area contributed by atoms with Crippen LogP contribution in [0.5, 0.6) is 0 Å². The average Bonchev–Trinajstić information content (AvgIpc) is 2.36. The molecule has 3 N–H and O–H groups in total. The molecule has 0 amide bonds. The van der Waals surface area contributed by atoms with E-state index in [0.717, 1.165) is 6.07 Å². The summed E-state index contributed by atoms with van der Waals surface area (Å²) in [5, 5.41) is 2.68. The van der Waals surface area contributed by atoms with E-state index in [-0.39, 0.29) is 26.7 Å². The third-order valence-corrected chi connectivity index (χ3v) is 3.00. The van der Waals surface area contributed by atoms with Gasteiger partial charge in [0.2, 0.25) is 0 Å². The average molecular weight is 345 g/mol. The molecule has 0 aliphatic rings. The molecule has 0 atom stereocenters. The number of nitrogens with one attached hydrogen (secondary N) is 1. The van der Waals surface area contributed by atoms with Gasteiger partial charge in [-0.15, -0.1) is 0 Å². The lowest BCUT2D eigenvalue weighted by molar-refractivity contribution is 0.581. The number of benzene rings is 1. The van der Waals surface area contributed by atoms with Crippen LogP contribution in [0.1, 0.15) is 5.69 Å². The van der Waals surface area contributed by atoms with Crippen molar-refractivity contribution >= 4 is 44.6 Å². The highest BCUT2D eigenvalue weighted by atomic mass is 79.9. The van der Waals surface area contributed by atoms with E-state index in [0.29, 0.717) is 0 Å². The van der Waals surface area contributed by atoms with Gasteiger partial charge in [-0.1, -0.05) is 12.2 Å². The molecule has 0 spiro atoms. The van der Waals surface area contributed by atoms with Crippen LogP contribution in [0.15, 0.2) is 29.0 Å². The van der Waals surface area contributed by atoms with E-state index in [9.17, 15) is 8.78 Å². The van der Waals surface area contributed by atoms with Crippen LogP contribution in [0.3, 0.4) is 0 Å². The van der Waals surface area contributed by atoms with Gasteiger partial charge in [-0.05, 0) is 22.0 Å². The van der Waals surface area contributed by atoms with Crippen LogP contribution in [0.2, 0.25) is 0 Å². The van der Waals surface area contributed by atoms with Gasteiger partial charge in [0.25, 0.3) is 0 Å². The second-order valence-electron chi connectivity index (χ2n) is 3.49. The van der Waals surface area contributed by atoms with Crippen LogP contribution >= 0.6 is 28.1 Å². The Balaban J connectivity index is 2.42. The molecular formula is C11H7BrF2N4S. The molecular weight excluding hydrogens is 338 g/mol. The molecule has 0 aliphatic carbocycles. The monoisotopic (exact) mass is 344 g/mol. The van der Waals surface area contributed by atoms with Gasteiger partial charge >= 0.3 is 0 Å². The Morgan fingerprint density at radius 3 is 2.58 bits per heavy atom. The molecule has 2 rings (SSSR count). The number of nitrogens with two attached hydrogens (primary N) is 1. The fourth-order valence-electron chi connectivity index (χ4n) is 1.36. The second kappa shape index (κ2) is 5.54. The van der Waals surface area contributed by atoms with Crippen molar-refractivity contribution in [3.8, 4) is 0 Å². The normalized spacial score (nSPS) is 10.3. The number of rotatable bonds is 3. The van der Waals surface area contributed by atoms with E-state index in [1.165, 1.54) is 18.5 Å². The van der Waals surface area contributed by atoms with Gasteiger partial charge in [-0.2, -0.15) is 0 Å². The van der Waals surface area contributed by atoms with Crippen LogP contribution in [0, 0.1) is 11.6 Å². The van der Waals surface area contributed by atoms with Crippen molar-refractivity contribution in [2.24, 2.45) is 5.73 Å². The summed E-state index contributed by atoms with van der Waals surface area (Å²) in [6, 6.07) is 2.01. The Hall–Kier alpha value is -1.67. The predicted octanol–water partition coefficient (Wildman–Crippen LogP) is 2.90. The second-order valence-corrected chi connectivity index (χ2v) is 4.78. The summed E-state index contributed by atoms with van der Waals surface area (Å²) in [6.45, 7) is 0. The summed E-state index contributed by atoms with van der Waals surface area (Å²) in [5.74, 6) is -1.26. The summed E-state index contributed by atoms with van der Waals surface area (Å²) in [4.78, 5) is 7.94. The summed E-state index contributed by atoms with van der Waals surface area (Å²) < 4.78 is 26.9. The topological polar surface area (TPSA) is 63.8 Å². The zero-order valence-corrected chi connectivity index (χ0v) is 11.7. The van der Waals surface area contributed by atoms with Crippen molar-refractivity contribution < 1.29 is 8.78 Å². The molecule has 0 fully saturated rings. The molecule has 1 aromatic heterocycles. The fraction of sp³-hybridized carbons (Fsp3) is 0.